The summed E-state index contributed by atoms with van der Waals surface area (Å²) >= 11 is 0. The second-order valence-corrected chi connectivity index (χ2v) is 9.96. The van der Waals surface area contributed by atoms with Crippen molar-refractivity contribution in [3.63, 3.8) is 0 Å². The number of oxime groups is 1. The number of methoxy groups -OCH3 is 1. The van der Waals surface area contributed by atoms with Crippen LogP contribution in [0.1, 0.15) is 42.9 Å². The molecule has 0 bridgehead atoms. The molecule has 220 valence electrons. The van der Waals surface area contributed by atoms with Gasteiger partial charge in [0.25, 0.3) is 0 Å². The summed E-state index contributed by atoms with van der Waals surface area (Å²) in [5.74, 6) is 0.582. The number of ether oxygens (including phenoxy) is 1. The number of aliphatic hydroxyl groups is 1. The maximum Gasteiger partial charge on any atom is 0.393 e. The van der Waals surface area contributed by atoms with E-state index >= 15 is 0 Å². The van der Waals surface area contributed by atoms with Crippen LogP contribution < -0.4 is 10.1 Å². The molecule has 9 nitrogen and oxygen atoms in total. The molecule has 3 rings (SSSR count). The maximum atomic E-state index is 13.8. The van der Waals surface area contributed by atoms with Crippen LogP contribution in [0.2, 0.25) is 0 Å². The number of halogens is 3. The zero-order valence-electron chi connectivity index (χ0n) is 23.6. The first-order valence-corrected chi connectivity index (χ1v) is 13.2. The van der Waals surface area contributed by atoms with Crippen LogP contribution in [0.3, 0.4) is 0 Å². The molecule has 1 saturated heterocycles. The minimum atomic E-state index is -4.40. The molecule has 0 unspecified atom stereocenters. The second kappa shape index (κ2) is 14.3. The highest BCUT2D eigenvalue weighted by Gasteiger charge is 2.31. The summed E-state index contributed by atoms with van der Waals surface area (Å²) in [5, 5.41) is 20.4. The van der Waals surface area contributed by atoms with Gasteiger partial charge in [-0.05, 0) is 55.0 Å². The van der Waals surface area contributed by atoms with Gasteiger partial charge in [0.15, 0.2) is 0 Å². The molecule has 0 aliphatic carbocycles. The van der Waals surface area contributed by atoms with Crippen molar-refractivity contribution in [1.29, 1.82) is 0 Å². The Morgan fingerprint density at radius 1 is 1.27 bits per heavy atom. The van der Waals surface area contributed by atoms with Crippen LogP contribution in [0, 0.1) is 6.92 Å². The number of aromatic nitrogens is 2. The molecule has 2 aromatic rings. The van der Waals surface area contributed by atoms with Gasteiger partial charge in [-0.25, -0.2) is 4.99 Å². The second-order valence-electron chi connectivity index (χ2n) is 9.96. The highest BCUT2D eigenvalue weighted by Crippen LogP contribution is 2.36. The summed E-state index contributed by atoms with van der Waals surface area (Å²) < 4.78 is 48.2. The van der Waals surface area contributed by atoms with Crippen molar-refractivity contribution in [2.24, 2.45) is 17.2 Å². The fourth-order valence-electron chi connectivity index (χ4n) is 4.92. The molecule has 2 heterocycles. The van der Waals surface area contributed by atoms with E-state index in [1.807, 2.05) is 13.0 Å². The van der Waals surface area contributed by atoms with Gasteiger partial charge in [-0.15, -0.1) is 5.10 Å². The van der Waals surface area contributed by atoms with E-state index in [4.69, 9.17) is 9.57 Å². The topological polar surface area (TPSA) is 96.5 Å². The van der Waals surface area contributed by atoms with Gasteiger partial charge in [0.05, 0.1) is 33.1 Å². The number of likely N-dealkylation sites (tertiary alicyclic amines) is 1. The van der Waals surface area contributed by atoms with Crippen molar-refractivity contribution in [3.8, 4) is 5.88 Å². The van der Waals surface area contributed by atoms with Crippen molar-refractivity contribution in [3.05, 3.63) is 46.7 Å². The summed E-state index contributed by atoms with van der Waals surface area (Å²) in [5.41, 5.74) is 3.45. The fraction of sp³-hybridized carbons (Fsp3) is 0.536. The average Bonchev–Trinajstić information content (AvgIpc) is 3.26. The number of benzene rings is 1. The molecule has 1 aromatic carbocycles. The number of rotatable bonds is 12. The van der Waals surface area contributed by atoms with Crippen molar-refractivity contribution in [2.45, 2.75) is 51.7 Å². The molecule has 1 fully saturated rings. The lowest BCUT2D eigenvalue weighted by Gasteiger charge is -2.33. The number of anilines is 1. The third-order valence-electron chi connectivity index (χ3n) is 6.98. The van der Waals surface area contributed by atoms with E-state index in [2.05, 4.69) is 32.2 Å². The first-order valence-electron chi connectivity index (χ1n) is 13.2. The number of nitrogens with zero attached hydrogens (tertiary/aromatic N) is 5. The lowest BCUT2D eigenvalue weighted by molar-refractivity contribution is -0.123. The zero-order chi connectivity index (χ0) is 29.3. The summed E-state index contributed by atoms with van der Waals surface area (Å²) in [6, 6.07) is 5.62. The van der Waals surface area contributed by atoms with E-state index in [9.17, 15) is 18.3 Å². The van der Waals surface area contributed by atoms with E-state index in [0.717, 1.165) is 37.2 Å². The van der Waals surface area contributed by atoms with Gasteiger partial charge in [-0.2, -0.15) is 13.2 Å². The monoisotopic (exact) mass is 564 g/mol. The van der Waals surface area contributed by atoms with Crippen LogP contribution in [0.15, 0.2) is 40.1 Å². The number of hydrogen-bond acceptors (Lipinski definition) is 8. The molecule has 2 N–H and O–H groups in total. The number of aryl methyl sites for hydroxylation is 1. The predicted octanol–water partition coefficient (Wildman–Crippen LogP) is 4.61. The summed E-state index contributed by atoms with van der Waals surface area (Å²) in [6.45, 7) is 9.34. The number of β-amino-alcohol motifs (C(OH)–C–C–N with tert-alkyl or cyclic N) is 1. The standard InChI is InChI=1S/C28H39F3N6O3/c1-19(17-33-26(40-32-3)15-21-18-36(4)35-27(21)39-5)24(16-28(29,30)31)23-7-6-8-25(20(23)2)34-22-9-11-37(12-10-22)13-14-38/h6-8,18,22,34,38H,3,9-17H2,1-2,4-5H3/b24-19+,33-26?. The van der Waals surface area contributed by atoms with E-state index in [1.54, 1.807) is 37.0 Å². The van der Waals surface area contributed by atoms with Crippen molar-refractivity contribution in [2.75, 3.05) is 45.2 Å². The van der Waals surface area contributed by atoms with Crippen LogP contribution in [0.25, 0.3) is 5.57 Å². The molecule has 1 aliphatic heterocycles. The normalized spacial score (nSPS) is 16.1. The number of aliphatic imine (C=N–C) groups is 1. The molecule has 0 spiro atoms. The lowest BCUT2D eigenvalue weighted by atomic mass is 9.92. The van der Waals surface area contributed by atoms with Crippen LogP contribution in [-0.2, 0) is 18.3 Å². The van der Waals surface area contributed by atoms with Gasteiger partial charge in [-0.3, -0.25) is 4.68 Å². The molecule has 0 amide bonds. The molecule has 12 heteroatoms. The smallest absolute Gasteiger partial charge is 0.393 e. The van der Waals surface area contributed by atoms with Crippen molar-refractivity contribution < 1.29 is 27.9 Å². The SMILES string of the molecule is C=NOC(Cc1cn(C)nc1OC)=NC/C(C)=C(\CC(F)(F)F)c1cccc(NC2CCN(CCO)CC2)c1C. The Kier molecular flexibility index (Phi) is 11.1. The summed E-state index contributed by atoms with van der Waals surface area (Å²) in [4.78, 5) is 11.9. The number of piperidine rings is 1. The number of alkyl halides is 3. The van der Waals surface area contributed by atoms with E-state index < -0.39 is 12.6 Å². The van der Waals surface area contributed by atoms with Gasteiger partial charge < -0.3 is 24.9 Å². The van der Waals surface area contributed by atoms with Crippen molar-refractivity contribution in [1.82, 2.24) is 14.7 Å². The van der Waals surface area contributed by atoms with Crippen LogP contribution in [0.5, 0.6) is 5.88 Å². The average molecular weight is 565 g/mol. The van der Waals surface area contributed by atoms with Gasteiger partial charge in [0.1, 0.15) is 0 Å². The maximum absolute atomic E-state index is 13.8. The minimum Gasteiger partial charge on any atom is -0.480 e. The Morgan fingerprint density at radius 2 is 2.00 bits per heavy atom. The number of hydrogen-bond donors (Lipinski definition) is 2. The van der Waals surface area contributed by atoms with Gasteiger partial charge in [-0.1, -0.05) is 17.3 Å². The molecular weight excluding hydrogens is 525 g/mol. The Morgan fingerprint density at radius 3 is 2.62 bits per heavy atom. The lowest BCUT2D eigenvalue weighted by Crippen LogP contribution is -2.40. The molecule has 0 saturated carbocycles. The number of allylic oxidation sites excluding steroid dienone is 1. The molecule has 0 radical (unpaired) electrons. The van der Waals surface area contributed by atoms with Crippen LogP contribution >= 0.6 is 0 Å². The Hall–Kier alpha value is -3.38. The Balaban J connectivity index is 1.87. The van der Waals surface area contributed by atoms with Crippen molar-refractivity contribution >= 4 is 23.9 Å². The highest BCUT2D eigenvalue weighted by molar-refractivity contribution is 5.80. The summed E-state index contributed by atoms with van der Waals surface area (Å²) in [7, 11) is 3.24. The largest absolute Gasteiger partial charge is 0.480 e. The Labute approximate surface area is 233 Å². The molecule has 0 atom stereocenters. The Bertz CT molecular complexity index is 1200. The number of nitrogens with one attached hydrogen (secondary N) is 1. The van der Waals surface area contributed by atoms with E-state index in [0.29, 0.717) is 29.1 Å². The quantitative estimate of drug-likeness (QED) is 0.222. The molecular formula is C28H39F3N6O3. The first kappa shape index (κ1) is 31.2. The minimum absolute atomic E-state index is 0.0146. The van der Waals surface area contributed by atoms with Crippen LogP contribution in [-0.4, -0.2) is 84.5 Å². The fourth-order valence-corrected chi connectivity index (χ4v) is 4.92. The van der Waals surface area contributed by atoms with Crippen LogP contribution in [0.4, 0.5) is 18.9 Å². The molecule has 1 aliphatic rings. The number of aliphatic hydroxyl groups excluding tert-OH is 1. The van der Waals surface area contributed by atoms with E-state index in [-0.39, 0.29) is 37.1 Å². The van der Waals surface area contributed by atoms with Gasteiger partial charge in [0.2, 0.25) is 11.8 Å². The molecule has 40 heavy (non-hydrogen) atoms. The van der Waals surface area contributed by atoms with Gasteiger partial charge in [0, 0.05) is 56.9 Å². The zero-order valence-corrected chi connectivity index (χ0v) is 23.6. The van der Waals surface area contributed by atoms with E-state index in [1.165, 1.54) is 7.11 Å². The third-order valence-corrected chi connectivity index (χ3v) is 6.98. The highest BCUT2D eigenvalue weighted by atomic mass is 19.4. The summed E-state index contributed by atoms with van der Waals surface area (Å²) in [6.07, 6.45) is -1.76. The predicted molar refractivity (Wildman–Crippen MR) is 151 cm³/mol. The van der Waals surface area contributed by atoms with Gasteiger partial charge >= 0.3 is 6.18 Å². The third kappa shape index (κ3) is 8.82. The first-order chi connectivity index (χ1) is 19.0. The molecule has 1 aromatic heterocycles.